The fourth-order valence-corrected chi connectivity index (χ4v) is 5.23. The van der Waals surface area contributed by atoms with E-state index in [1.165, 1.54) is 0 Å². The number of likely N-dealkylation sites (N-methyl/N-ethyl adjacent to an activating group) is 1. The quantitative estimate of drug-likeness (QED) is 0.903. The molecule has 1 aliphatic heterocycles. The number of piperazine rings is 1. The van der Waals surface area contributed by atoms with E-state index >= 15 is 0 Å². The average Bonchev–Trinajstić information content (AvgIpc) is 2.84. The second-order valence-electron chi connectivity index (χ2n) is 5.06. The average molecular weight is 304 g/mol. The lowest BCUT2D eigenvalue weighted by atomic mass is 10.1. The summed E-state index contributed by atoms with van der Waals surface area (Å²) in [6, 6.07) is 3.66. The van der Waals surface area contributed by atoms with Gasteiger partial charge in [0, 0.05) is 30.1 Å². The van der Waals surface area contributed by atoms with Gasteiger partial charge in [0.1, 0.15) is 4.21 Å². The Morgan fingerprint density at radius 1 is 1.32 bits per heavy atom. The zero-order valence-electron chi connectivity index (χ0n) is 11.4. The number of sulfonamides is 1. The minimum atomic E-state index is -3.43. The third-order valence-corrected chi connectivity index (χ3v) is 7.08. The van der Waals surface area contributed by atoms with E-state index in [1.54, 1.807) is 16.4 Å². The summed E-state index contributed by atoms with van der Waals surface area (Å²) in [7, 11) is -1.40. The lowest BCUT2D eigenvalue weighted by Crippen LogP contribution is -2.56. The smallest absolute Gasteiger partial charge is 0.252 e. The van der Waals surface area contributed by atoms with Gasteiger partial charge in [-0.25, -0.2) is 8.42 Å². The summed E-state index contributed by atoms with van der Waals surface area (Å²) in [5, 5.41) is 9.04. The van der Waals surface area contributed by atoms with Gasteiger partial charge in [-0.05, 0) is 33.0 Å². The Morgan fingerprint density at radius 3 is 2.37 bits per heavy atom. The minimum Gasteiger partial charge on any atom is -0.391 e. The molecule has 1 N–H and O–H groups in total. The van der Waals surface area contributed by atoms with Crippen LogP contribution in [0.1, 0.15) is 18.7 Å². The molecular weight excluding hydrogens is 284 g/mol. The highest BCUT2D eigenvalue weighted by molar-refractivity contribution is 7.91. The van der Waals surface area contributed by atoms with Crippen LogP contribution in [0.15, 0.2) is 16.3 Å². The van der Waals surface area contributed by atoms with Crippen molar-refractivity contribution < 1.29 is 13.5 Å². The summed E-state index contributed by atoms with van der Waals surface area (Å²) in [6.45, 7) is 4.97. The Labute approximate surface area is 118 Å². The van der Waals surface area contributed by atoms with Gasteiger partial charge in [0.05, 0.1) is 6.61 Å². The van der Waals surface area contributed by atoms with Crippen molar-refractivity contribution in [3.8, 4) is 0 Å². The predicted octanol–water partition coefficient (Wildman–Crippen LogP) is 0.954. The molecule has 1 saturated heterocycles. The van der Waals surface area contributed by atoms with Crippen molar-refractivity contribution in [2.75, 3.05) is 20.1 Å². The van der Waals surface area contributed by atoms with E-state index in [9.17, 15) is 8.42 Å². The van der Waals surface area contributed by atoms with Crippen molar-refractivity contribution >= 4 is 21.4 Å². The molecule has 0 spiro atoms. The summed E-state index contributed by atoms with van der Waals surface area (Å²) < 4.78 is 27.0. The standard InChI is InChI=1S/C12H20N2O3S2/c1-9-6-14(7-10(2)13(9)3)19(16,17)12-5-4-11(8-15)18-12/h4-5,9-10,15H,6-8H2,1-3H3. The van der Waals surface area contributed by atoms with E-state index in [2.05, 4.69) is 4.90 Å². The zero-order valence-corrected chi connectivity index (χ0v) is 13.0. The second kappa shape index (κ2) is 5.49. The van der Waals surface area contributed by atoms with Crippen LogP contribution in [-0.4, -0.2) is 55.0 Å². The SMILES string of the molecule is CC1CN(S(=O)(=O)c2ccc(CO)s2)CC(C)N1C. The maximum atomic E-state index is 12.6. The molecule has 2 heterocycles. The topological polar surface area (TPSA) is 60.9 Å². The first kappa shape index (κ1) is 14.9. The number of nitrogens with zero attached hydrogens (tertiary/aromatic N) is 2. The molecule has 1 aliphatic rings. The van der Waals surface area contributed by atoms with E-state index in [4.69, 9.17) is 5.11 Å². The summed E-state index contributed by atoms with van der Waals surface area (Å²) in [6.07, 6.45) is 0. The summed E-state index contributed by atoms with van der Waals surface area (Å²) >= 11 is 1.14. The molecule has 0 amide bonds. The predicted molar refractivity (Wildman–Crippen MR) is 75.7 cm³/mol. The molecule has 0 aliphatic carbocycles. The monoisotopic (exact) mass is 304 g/mol. The van der Waals surface area contributed by atoms with Gasteiger partial charge in [-0.3, -0.25) is 4.90 Å². The fraction of sp³-hybridized carbons (Fsp3) is 0.667. The second-order valence-corrected chi connectivity index (χ2v) is 8.40. The van der Waals surface area contributed by atoms with Gasteiger partial charge < -0.3 is 5.11 Å². The molecule has 108 valence electrons. The first-order valence-electron chi connectivity index (χ1n) is 6.28. The normalized spacial score (nSPS) is 26.7. The molecule has 2 unspecified atom stereocenters. The summed E-state index contributed by atoms with van der Waals surface area (Å²) in [5.41, 5.74) is 0. The van der Waals surface area contributed by atoms with Crippen LogP contribution in [0.25, 0.3) is 0 Å². The number of rotatable bonds is 3. The number of hydrogen-bond donors (Lipinski definition) is 1. The van der Waals surface area contributed by atoms with Crippen molar-refractivity contribution in [1.29, 1.82) is 0 Å². The van der Waals surface area contributed by atoms with Crippen molar-refractivity contribution in [2.45, 2.75) is 36.7 Å². The van der Waals surface area contributed by atoms with Crippen LogP contribution >= 0.6 is 11.3 Å². The Morgan fingerprint density at radius 2 is 1.89 bits per heavy atom. The van der Waals surface area contributed by atoms with Crippen molar-refractivity contribution in [2.24, 2.45) is 0 Å². The molecule has 0 radical (unpaired) electrons. The van der Waals surface area contributed by atoms with Crippen LogP contribution < -0.4 is 0 Å². The van der Waals surface area contributed by atoms with Crippen molar-refractivity contribution in [1.82, 2.24) is 9.21 Å². The van der Waals surface area contributed by atoms with Crippen molar-refractivity contribution in [3.63, 3.8) is 0 Å². The Bertz CT molecular complexity index is 529. The number of aliphatic hydroxyl groups excluding tert-OH is 1. The maximum absolute atomic E-state index is 12.6. The lowest BCUT2D eigenvalue weighted by Gasteiger charge is -2.41. The van der Waals surface area contributed by atoms with Crippen LogP contribution in [0, 0.1) is 0 Å². The van der Waals surface area contributed by atoms with Crippen LogP contribution in [0.2, 0.25) is 0 Å². The van der Waals surface area contributed by atoms with Gasteiger partial charge in [-0.1, -0.05) is 0 Å². The first-order valence-corrected chi connectivity index (χ1v) is 8.53. The van der Waals surface area contributed by atoms with Crippen LogP contribution in [-0.2, 0) is 16.6 Å². The highest BCUT2D eigenvalue weighted by atomic mass is 32.2. The highest BCUT2D eigenvalue weighted by Crippen LogP contribution is 2.27. The highest BCUT2D eigenvalue weighted by Gasteiger charge is 2.35. The van der Waals surface area contributed by atoms with Crippen molar-refractivity contribution in [3.05, 3.63) is 17.0 Å². The van der Waals surface area contributed by atoms with E-state index < -0.39 is 10.0 Å². The molecule has 2 rings (SSSR count). The first-order chi connectivity index (χ1) is 8.86. The van der Waals surface area contributed by atoms with Gasteiger partial charge >= 0.3 is 0 Å². The molecule has 7 heteroatoms. The molecule has 0 aromatic carbocycles. The summed E-state index contributed by atoms with van der Waals surface area (Å²) in [4.78, 5) is 2.87. The van der Waals surface area contributed by atoms with Gasteiger partial charge in [0.2, 0.25) is 0 Å². The van der Waals surface area contributed by atoms with Crippen LogP contribution in [0.4, 0.5) is 0 Å². The van der Waals surface area contributed by atoms with E-state index in [-0.39, 0.29) is 18.7 Å². The molecule has 1 fully saturated rings. The van der Waals surface area contributed by atoms with Crippen LogP contribution in [0.5, 0.6) is 0 Å². The van der Waals surface area contributed by atoms with E-state index in [1.807, 2.05) is 20.9 Å². The number of aliphatic hydroxyl groups is 1. The van der Waals surface area contributed by atoms with Gasteiger partial charge in [-0.15, -0.1) is 11.3 Å². The Kier molecular flexibility index (Phi) is 4.32. The zero-order chi connectivity index (χ0) is 14.2. The molecule has 0 bridgehead atoms. The van der Waals surface area contributed by atoms with Gasteiger partial charge in [-0.2, -0.15) is 4.31 Å². The molecule has 1 aromatic heterocycles. The lowest BCUT2D eigenvalue weighted by molar-refractivity contribution is 0.105. The molecule has 2 atom stereocenters. The molecular formula is C12H20N2O3S2. The Balaban J connectivity index is 2.25. The molecule has 0 saturated carbocycles. The Hall–Kier alpha value is -0.470. The molecule has 1 aromatic rings. The minimum absolute atomic E-state index is 0.115. The van der Waals surface area contributed by atoms with E-state index in [0.29, 0.717) is 22.2 Å². The summed E-state index contributed by atoms with van der Waals surface area (Å²) in [5.74, 6) is 0. The fourth-order valence-electron chi connectivity index (χ4n) is 2.26. The molecule has 19 heavy (non-hydrogen) atoms. The molecule has 5 nitrogen and oxygen atoms in total. The van der Waals surface area contributed by atoms with E-state index in [0.717, 1.165) is 11.3 Å². The third-order valence-electron chi connectivity index (χ3n) is 3.71. The van der Waals surface area contributed by atoms with Gasteiger partial charge in [0.15, 0.2) is 0 Å². The third kappa shape index (κ3) is 2.85. The number of hydrogen-bond acceptors (Lipinski definition) is 5. The maximum Gasteiger partial charge on any atom is 0.252 e. The number of thiophene rings is 1. The van der Waals surface area contributed by atoms with Crippen LogP contribution in [0.3, 0.4) is 0 Å². The van der Waals surface area contributed by atoms with Gasteiger partial charge in [0.25, 0.3) is 10.0 Å². The largest absolute Gasteiger partial charge is 0.391 e.